The molecule has 1 aliphatic rings. The molecule has 0 bridgehead atoms. The van der Waals surface area contributed by atoms with Gasteiger partial charge >= 0.3 is 0 Å². The molecule has 0 saturated heterocycles. The van der Waals surface area contributed by atoms with Gasteiger partial charge in [-0.05, 0) is 43.5 Å². The highest BCUT2D eigenvalue weighted by Crippen LogP contribution is 2.51. The molecule has 2 heteroatoms. The zero-order chi connectivity index (χ0) is 14.5. The van der Waals surface area contributed by atoms with Crippen LogP contribution in [0.4, 0.5) is 0 Å². The normalized spacial score (nSPS) is 17.4. The van der Waals surface area contributed by atoms with Gasteiger partial charge in [-0.1, -0.05) is 43.3 Å². The highest BCUT2D eigenvalue weighted by atomic mass is 14.9. The van der Waals surface area contributed by atoms with Crippen LogP contribution in [0, 0.1) is 0 Å². The molecule has 1 fully saturated rings. The molecule has 0 radical (unpaired) electrons. The number of hydrogen-bond acceptors (Lipinski definition) is 2. The topological polar surface area (TPSA) is 24.9 Å². The van der Waals surface area contributed by atoms with Crippen LogP contribution in [0.25, 0.3) is 0 Å². The first-order valence-corrected chi connectivity index (χ1v) is 8.04. The van der Waals surface area contributed by atoms with Crippen molar-refractivity contribution >= 4 is 0 Å². The third-order valence-electron chi connectivity index (χ3n) is 4.58. The molecular weight excluding hydrogens is 256 g/mol. The van der Waals surface area contributed by atoms with Crippen molar-refractivity contribution in [2.24, 2.45) is 0 Å². The SMILES string of the molecule is CCCNC(Cc1ccccn1)C1(c2ccccc2)CC1. The monoisotopic (exact) mass is 280 g/mol. The Kier molecular flexibility index (Phi) is 4.35. The lowest BCUT2D eigenvalue weighted by Gasteiger charge is -2.28. The van der Waals surface area contributed by atoms with Crippen LogP contribution >= 0.6 is 0 Å². The smallest absolute Gasteiger partial charge is 0.0419 e. The van der Waals surface area contributed by atoms with E-state index in [9.17, 15) is 0 Å². The van der Waals surface area contributed by atoms with Crippen molar-refractivity contribution in [1.29, 1.82) is 0 Å². The number of aromatic nitrogens is 1. The van der Waals surface area contributed by atoms with Crippen LogP contribution in [0.15, 0.2) is 54.7 Å². The number of nitrogens with one attached hydrogen (secondary N) is 1. The van der Waals surface area contributed by atoms with Crippen molar-refractivity contribution in [3.05, 3.63) is 66.0 Å². The first-order chi connectivity index (χ1) is 10.3. The lowest BCUT2D eigenvalue weighted by molar-refractivity contribution is 0.409. The van der Waals surface area contributed by atoms with E-state index in [1.807, 2.05) is 12.3 Å². The minimum Gasteiger partial charge on any atom is -0.313 e. The molecule has 0 spiro atoms. The lowest BCUT2D eigenvalue weighted by atomic mass is 9.85. The summed E-state index contributed by atoms with van der Waals surface area (Å²) in [6.45, 7) is 3.30. The minimum atomic E-state index is 0.313. The summed E-state index contributed by atoms with van der Waals surface area (Å²) in [7, 11) is 0. The van der Waals surface area contributed by atoms with Crippen molar-refractivity contribution in [2.45, 2.75) is 44.1 Å². The summed E-state index contributed by atoms with van der Waals surface area (Å²) in [5.74, 6) is 0. The highest BCUT2D eigenvalue weighted by Gasteiger charge is 2.50. The summed E-state index contributed by atoms with van der Waals surface area (Å²) in [6, 6.07) is 17.7. The van der Waals surface area contributed by atoms with E-state index in [-0.39, 0.29) is 0 Å². The Labute approximate surface area is 127 Å². The molecule has 1 unspecified atom stereocenters. The van der Waals surface area contributed by atoms with Crippen molar-refractivity contribution in [1.82, 2.24) is 10.3 Å². The Bertz CT molecular complexity index is 546. The van der Waals surface area contributed by atoms with Gasteiger partial charge in [-0.25, -0.2) is 0 Å². The first-order valence-electron chi connectivity index (χ1n) is 8.04. The summed E-state index contributed by atoms with van der Waals surface area (Å²) in [4.78, 5) is 4.52. The molecule has 110 valence electrons. The first kappa shape index (κ1) is 14.3. The van der Waals surface area contributed by atoms with Gasteiger partial charge in [0.25, 0.3) is 0 Å². The Balaban J connectivity index is 1.82. The largest absolute Gasteiger partial charge is 0.313 e. The average molecular weight is 280 g/mol. The second kappa shape index (κ2) is 6.40. The fourth-order valence-corrected chi connectivity index (χ4v) is 3.25. The molecule has 1 atom stereocenters. The third-order valence-corrected chi connectivity index (χ3v) is 4.58. The zero-order valence-corrected chi connectivity index (χ0v) is 12.8. The Morgan fingerprint density at radius 3 is 2.48 bits per heavy atom. The fourth-order valence-electron chi connectivity index (χ4n) is 3.25. The van der Waals surface area contributed by atoms with Gasteiger partial charge in [-0.15, -0.1) is 0 Å². The second-order valence-corrected chi connectivity index (χ2v) is 6.05. The van der Waals surface area contributed by atoms with E-state index in [2.05, 4.69) is 59.7 Å². The van der Waals surface area contributed by atoms with E-state index >= 15 is 0 Å². The number of hydrogen-bond donors (Lipinski definition) is 1. The van der Waals surface area contributed by atoms with E-state index in [1.54, 1.807) is 0 Å². The van der Waals surface area contributed by atoms with E-state index < -0.39 is 0 Å². The third kappa shape index (κ3) is 3.16. The molecule has 1 heterocycles. The van der Waals surface area contributed by atoms with Crippen LogP contribution < -0.4 is 5.32 Å². The molecule has 1 N–H and O–H groups in total. The van der Waals surface area contributed by atoms with E-state index in [0.717, 1.165) is 13.0 Å². The van der Waals surface area contributed by atoms with Crippen LogP contribution in [0.2, 0.25) is 0 Å². The number of pyridine rings is 1. The van der Waals surface area contributed by atoms with E-state index in [0.29, 0.717) is 11.5 Å². The molecular formula is C19H24N2. The summed E-state index contributed by atoms with van der Waals surface area (Å²) in [5.41, 5.74) is 2.98. The quantitative estimate of drug-likeness (QED) is 0.836. The van der Waals surface area contributed by atoms with Gasteiger partial charge in [0.15, 0.2) is 0 Å². The van der Waals surface area contributed by atoms with Gasteiger partial charge < -0.3 is 5.32 Å². The molecule has 2 nitrogen and oxygen atoms in total. The molecule has 1 aliphatic carbocycles. The molecule has 0 aliphatic heterocycles. The number of rotatable bonds is 7. The molecule has 0 amide bonds. The fraction of sp³-hybridized carbons (Fsp3) is 0.421. The molecule has 1 saturated carbocycles. The van der Waals surface area contributed by atoms with Gasteiger partial charge in [0, 0.05) is 29.8 Å². The van der Waals surface area contributed by atoms with Crippen LogP contribution in [-0.4, -0.2) is 17.6 Å². The van der Waals surface area contributed by atoms with E-state index in [1.165, 1.54) is 30.5 Å². The van der Waals surface area contributed by atoms with Gasteiger partial charge in [-0.3, -0.25) is 4.98 Å². The van der Waals surface area contributed by atoms with Crippen molar-refractivity contribution < 1.29 is 0 Å². The van der Waals surface area contributed by atoms with Crippen molar-refractivity contribution in [2.75, 3.05) is 6.54 Å². The highest BCUT2D eigenvalue weighted by molar-refractivity contribution is 5.34. The Morgan fingerprint density at radius 1 is 1.10 bits per heavy atom. The van der Waals surface area contributed by atoms with Gasteiger partial charge in [0.1, 0.15) is 0 Å². The van der Waals surface area contributed by atoms with Gasteiger partial charge in [0.2, 0.25) is 0 Å². The maximum Gasteiger partial charge on any atom is 0.0419 e. The summed E-state index contributed by atoms with van der Waals surface area (Å²) >= 11 is 0. The van der Waals surface area contributed by atoms with Gasteiger partial charge in [-0.2, -0.15) is 0 Å². The molecule has 2 aromatic rings. The second-order valence-electron chi connectivity index (χ2n) is 6.05. The summed E-state index contributed by atoms with van der Waals surface area (Å²) in [6.07, 6.45) is 6.64. The summed E-state index contributed by atoms with van der Waals surface area (Å²) in [5, 5.41) is 3.78. The zero-order valence-electron chi connectivity index (χ0n) is 12.8. The average Bonchev–Trinajstić information content (AvgIpc) is 3.35. The van der Waals surface area contributed by atoms with E-state index in [4.69, 9.17) is 0 Å². The number of nitrogens with zero attached hydrogens (tertiary/aromatic N) is 1. The predicted octanol–water partition coefficient (Wildman–Crippen LogP) is 3.72. The summed E-state index contributed by atoms with van der Waals surface area (Å²) < 4.78 is 0. The maximum atomic E-state index is 4.52. The Hall–Kier alpha value is -1.67. The van der Waals surface area contributed by atoms with Crippen LogP contribution in [0.1, 0.15) is 37.4 Å². The Morgan fingerprint density at radius 2 is 1.86 bits per heavy atom. The number of benzene rings is 1. The predicted molar refractivity (Wildman–Crippen MR) is 87.4 cm³/mol. The van der Waals surface area contributed by atoms with Crippen LogP contribution in [0.5, 0.6) is 0 Å². The maximum absolute atomic E-state index is 4.52. The van der Waals surface area contributed by atoms with Crippen LogP contribution in [0.3, 0.4) is 0 Å². The molecule has 21 heavy (non-hydrogen) atoms. The van der Waals surface area contributed by atoms with Crippen molar-refractivity contribution in [3.8, 4) is 0 Å². The lowest BCUT2D eigenvalue weighted by Crippen LogP contribution is -2.42. The van der Waals surface area contributed by atoms with Gasteiger partial charge in [0.05, 0.1) is 0 Å². The molecule has 1 aromatic carbocycles. The minimum absolute atomic E-state index is 0.313. The molecule has 1 aromatic heterocycles. The molecule has 3 rings (SSSR count). The van der Waals surface area contributed by atoms with Crippen LogP contribution in [-0.2, 0) is 11.8 Å². The van der Waals surface area contributed by atoms with Crippen molar-refractivity contribution in [3.63, 3.8) is 0 Å². The standard InChI is InChI=1S/C19H24N2/c1-2-13-21-18(15-17-10-6-7-14-20-17)19(11-12-19)16-8-4-3-5-9-16/h3-10,14,18,21H,2,11-13,15H2,1H3.